The van der Waals surface area contributed by atoms with Gasteiger partial charge in [-0.3, -0.25) is 9.69 Å². The molecule has 6 heteroatoms. The first-order valence-corrected chi connectivity index (χ1v) is 12.3. The molecule has 0 atom stereocenters. The fourth-order valence-electron chi connectivity index (χ4n) is 5.02. The van der Waals surface area contributed by atoms with Crippen LogP contribution in [0, 0.1) is 0 Å². The Morgan fingerprint density at radius 1 is 0.848 bits per heavy atom. The highest BCUT2D eigenvalue weighted by molar-refractivity contribution is 5.94. The smallest absolute Gasteiger partial charge is 0.272 e. The van der Waals surface area contributed by atoms with E-state index in [-0.39, 0.29) is 5.91 Å². The second-order valence-electron chi connectivity index (χ2n) is 9.00. The molecule has 1 saturated heterocycles. The topological polar surface area (TPSA) is 53.4 Å². The highest BCUT2D eigenvalue weighted by atomic mass is 16.1. The number of anilines is 1. The fourth-order valence-corrected chi connectivity index (χ4v) is 5.02. The summed E-state index contributed by atoms with van der Waals surface area (Å²) in [4.78, 5) is 17.9. The quantitative estimate of drug-likeness (QED) is 0.540. The van der Waals surface area contributed by atoms with Crippen LogP contribution < -0.4 is 10.2 Å². The average molecular weight is 444 g/mol. The van der Waals surface area contributed by atoms with Crippen molar-refractivity contribution in [2.45, 2.75) is 32.1 Å². The van der Waals surface area contributed by atoms with Crippen LogP contribution in [0.5, 0.6) is 0 Å². The number of amides is 1. The first kappa shape index (κ1) is 21.7. The predicted molar refractivity (Wildman–Crippen MR) is 132 cm³/mol. The number of carbonyl (C=O) groups is 1. The van der Waals surface area contributed by atoms with E-state index in [1.807, 2.05) is 35.0 Å². The molecule has 2 aromatic carbocycles. The summed E-state index contributed by atoms with van der Waals surface area (Å²) in [6.07, 6.45) is 5.12. The molecule has 0 saturated carbocycles. The van der Waals surface area contributed by atoms with Crippen LogP contribution >= 0.6 is 0 Å². The van der Waals surface area contributed by atoms with E-state index in [0.29, 0.717) is 12.2 Å². The van der Waals surface area contributed by atoms with Crippen LogP contribution in [0.15, 0.2) is 60.7 Å². The monoisotopic (exact) mass is 443 g/mol. The Balaban J connectivity index is 1.07. The molecule has 2 aliphatic rings. The van der Waals surface area contributed by atoms with Gasteiger partial charge < -0.3 is 10.2 Å². The predicted octanol–water partition coefficient (Wildman–Crippen LogP) is 3.69. The van der Waals surface area contributed by atoms with Gasteiger partial charge >= 0.3 is 0 Å². The number of hydrogen-bond acceptors (Lipinski definition) is 4. The summed E-state index contributed by atoms with van der Waals surface area (Å²) in [5.41, 5.74) is 5.29. The van der Waals surface area contributed by atoms with Crippen molar-refractivity contribution in [1.29, 1.82) is 0 Å². The second-order valence-corrected chi connectivity index (χ2v) is 9.00. The number of hydrogen-bond donors (Lipinski definition) is 1. The third-order valence-corrected chi connectivity index (χ3v) is 6.83. The van der Waals surface area contributed by atoms with Gasteiger partial charge in [-0.25, -0.2) is 4.68 Å². The summed E-state index contributed by atoms with van der Waals surface area (Å²) in [5, 5.41) is 7.82. The number of benzene rings is 2. The third kappa shape index (κ3) is 4.96. The van der Waals surface area contributed by atoms with Crippen LogP contribution in [-0.2, 0) is 12.8 Å². The number of fused-ring (bicyclic) bond motifs is 1. The van der Waals surface area contributed by atoms with Crippen LogP contribution in [0.25, 0.3) is 5.69 Å². The Morgan fingerprint density at radius 2 is 1.55 bits per heavy atom. The lowest BCUT2D eigenvalue weighted by molar-refractivity contribution is 0.0946. The van der Waals surface area contributed by atoms with E-state index < -0.39 is 0 Å². The Kier molecular flexibility index (Phi) is 6.72. The number of nitrogens with zero attached hydrogens (tertiary/aromatic N) is 4. The zero-order valence-electron chi connectivity index (χ0n) is 19.2. The third-order valence-electron chi connectivity index (χ3n) is 6.83. The van der Waals surface area contributed by atoms with Gasteiger partial charge in [0.05, 0.1) is 5.69 Å². The van der Waals surface area contributed by atoms with E-state index >= 15 is 0 Å². The van der Waals surface area contributed by atoms with Crippen LogP contribution in [0.4, 0.5) is 5.69 Å². The molecule has 0 bridgehead atoms. The Morgan fingerprint density at radius 3 is 2.27 bits per heavy atom. The van der Waals surface area contributed by atoms with E-state index in [1.54, 1.807) is 0 Å². The maximum absolute atomic E-state index is 12.9. The number of nitrogens with one attached hydrogen (secondary N) is 1. The standard InChI is InChI=1S/C27H33N5O/c33-27(26-24-14-9-15-25(24)32(29-26)23-12-5-2-6-13-23)28-16-7-8-17-30-18-20-31(21-19-30)22-10-3-1-4-11-22/h1-6,10-13H,7-9,14-21H2,(H,28,33). The minimum atomic E-state index is -0.0284. The summed E-state index contributed by atoms with van der Waals surface area (Å²) in [6.45, 7) is 6.16. The normalized spacial score (nSPS) is 16.1. The van der Waals surface area contributed by atoms with Gasteiger partial charge in [0.25, 0.3) is 5.91 Å². The molecule has 6 nitrogen and oxygen atoms in total. The van der Waals surface area contributed by atoms with Gasteiger partial charge in [0, 0.05) is 49.7 Å². The average Bonchev–Trinajstić information content (AvgIpc) is 3.48. The van der Waals surface area contributed by atoms with Crippen molar-refractivity contribution in [2.24, 2.45) is 0 Å². The first-order valence-electron chi connectivity index (χ1n) is 12.3. The van der Waals surface area contributed by atoms with E-state index in [9.17, 15) is 4.79 Å². The molecule has 1 aliphatic heterocycles. The molecule has 0 radical (unpaired) electrons. The molecule has 33 heavy (non-hydrogen) atoms. The van der Waals surface area contributed by atoms with E-state index in [1.165, 1.54) is 11.4 Å². The molecule has 0 spiro atoms. The van der Waals surface area contributed by atoms with Crippen LogP contribution in [0.2, 0.25) is 0 Å². The maximum atomic E-state index is 12.9. The first-order chi connectivity index (χ1) is 16.3. The molecule has 5 rings (SSSR count). The number of para-hydroxylation sites is 2. The van der Waals surface area contributed by atoms with E-state index in [4.69, 9.17) is 5.10 Å². The zero-order chi connectivity index (χ0) is 22.5. The summed E-state index contributed by atoms with van der Waals surface area (Å²) >= 11 is 0. The summed E-state index contributed by atoms with van der Waals surface area (Å²) in [5.74, 6) is -0.0284. The molecule has 1 N–H and O–H groups in total. The largest absolute Gasteiger partial charge is 0.369 e. The minimum Gasteiger partial charge on any atom is -0.369 e. The number of piperazine rings is 1. The summed E-state index contributed by atoms with van der Waals surface area (Å²) < 4.78 is 1.96. The molecule has 1 aliphatic carbocycles. The Labute approximate surface area is 196 Å². The van der Waals surface area contributed by atoms with Gasteiger partial charge in [0.2, 0.25) is 0 Å². The van der Waals surface area contributed by atoms with Gasteiger partial charge in [0.1, 0.15) is 0 Å². The van der Waals surface area contributed by atoms with E-state index in [0.717, 1.165) is 76.1 Å². The Bertz CT molecular complexity index is 1050. The lowest BCUT2D eigenvalue weighted by atomic mass is 10.2. The van der Waals surface area contributed by atoms with Crippen molar-refractivity contribution < 1.29 is 4.79 Å². The summed E-state index contributed by atoms with van der Waals surface area (Å²) in [7, 11) is 0. The molecule has 2 heterocycles. The molecule has 0 unspecified atom stereocenters. The molecule has 1 fully saturated rings. The van der Waals surface area contributed by atoms with Crippen molar-refractivity contribution in [1.82, 2.24) is 20.0 Å². The number of carbonyl (C=O) groups excluding carboxylic acids is 1. The van der Waals surface area contributed by atoms with E-state index in [2.05, 4.69) is 45.4 Å². The van der Waals surface area contributed by atoms with Crippen molar-refractivity contribution >= 4 is 11.6 Å². The molecule has 1 aromatic heterocycles. The molecule has 3 aromatic rings. The molecule has 172 valence electrons. The second kappa shape index (κ2) is 10.2. The van der Waals surface area contributed by atoms with Crippen molar-refractivity contribution in [3.05, 3.63) is 77.6 Å². The van der Waals surface area contributed by atoms with Gasteiger partial charge in [-0.15, -0.1) is 0 Å². The lowest BCUT2D eigenvalue weighted by Gasteiger charge is -2.36. The summed E-state index contributed by atoms with van der Waals surface area (Å²) in [6, 6.07) is 20.8. The Hall–Kier alpha value is -3.12. The van der Waals surface area contributed by atoms with Crippen molar-refractivity contribution in [3.63, 3.8) is 0 Å². The fraction of sp³-hybridized carbons (Fsp3) is 0.407. The SMILES string of the molecule is O=C(NCCCCN1CCN(c2ccccc2)CC1)c1nn(-c2ccccc2)c2c1CCC2. The number of aromatic nitrogens is 2. The highest BCUT2D eigenvalue weighted by Gasteiger charge is 2.26. The lowest BCUT2D eigenvalue weighted by Crippen LogP contribution is -2.46. The number of rotatable bonds is 8. The van der Waals surface area contributed by atoms with Gasteiger partial charge in [0.15, 0.2) is 5.69 Å². The maximum Gasteiger partial charge on any atom is 0.272 e. The van der Waals surface area contributed by atoms with Crippen LogP contribution in [0.1, 0.15) is 41.0 Å². The van der Waals surface area contributed by atoms with Crippen LogP contribution in [-0.4, -0.2) is 59.9 Å². The highest BCUT2D eigenvalue weighted by Crippen LogP contribution is 2.27. The van der Waals surface area contributed by atoms with Gasteiger partial charge in [-0.2, -0.15) is 5.10 Å². The van der Waals surface area contributed by atoms with Crippen molar-refractivity contribution in [2.75, 3.05) is 44.2 Å². The molecular formula is C27H33N5O. The number of unbranched alkanes of at least 4 members (excludes halogenated alkanes) is 1. The van der Waals surface area contributed by atoms with Crippen LogP contribution in [0.3, 0.4) is 0 Å². The minimum absolute atomic E-state index is 0.0284. The van der Waals surface area contributed by atoms with Crippen molar-refractivity contribution in [3.8, 4) is 5.69 Å². The van der Waals surface area contributed by atoms with Gasteiger partial charge in [-0.05, 0) is 62.9 Å². The zero-order valence-corrected chi connectivity index (χ0v) is 19.2. The van der Waals surface area contributed by atoms with Gasteiger partial charge in [-0.1, -0.05) is 36.4 Å². The molecule has 1 amide bonds. The molecular weight excluding hydrogens is 410 g/mol.